The first-order valence-electron chi connectivity index (χ1n) is 8.33. The van der Waals surface area contributed by atoms with Gasteiger partial charge in [-0.1, -0.05) is 6.92 Å². The maximum absolute atomic E-state index is 12.9. The van der Waals surface area contributed by atoms with Gasteiger partial charge in [0, 0.05) is 31.0 Å². The zero-order valence-corrected chi connectivity index (χ0v) is 13.4. The fourth-order valence-electron chi connectivity index (χ4n) is 3.62. The molecule has 0 bridgehead atoms. The van der Waals surface area contributed by atoms with Gasteiger partial charge in [0.1, 0.15) is 6.04 Å². The van der Waals surface area contributed by atoms with Crippen LogP contribution in [-0.4, -0.2) is 45.0 Å². The first-order chi connectivity index (χ1) is 11.3. The lowest BCUT2D eigenvalue weighted by molar-refractivity contribution is -0.138. The summed E-state index contributed by atoms with van der Waals surface area (Å²) >= 11 is 0. The van der Waals surface area contributed by atoms with Crippen LogP contribution in [0.15, 0.2) is 12.3 Å². The fourth-order valence-corrected chi connectivity index (χ4v) is 3.62. The van der Waals surface area contributed by atoms with Crippen LogP contribution in [-0.2, 0) is 16.1 Å². The molecule has 2 saturated carbocycles. The average Bonchev–Trinajstić information content (AvgIpc) is 3.04. The van der Waals surface area contributed by atoms with Crippen LogP contribution in [0, 0.1) is 11.8 Å². The van der Waals surface area contributed by atoms with Crippen molar-refractivity contribution in [1.82, 2.24) is 20.0 Å². The Morgan fingerprint density at radius 2 is 2.08 bits per heavy atom. The van der Waals surface area contributed by atoms with Crippen molar-refractivity contribution in [3.8, 4) is 0 Å². The van der Waals surface area contributed by atoms with Gasteiger partial charge >= 0.3 is 0 Å². The number of alkyl halides is 2. The lowest BCUT2D eigenvalue weighted by Crippen LogP contribution is -2.54. The molecule has 1 aliphatic heterocycles. The van der Waals surface area contributed by atoms with E-state index in [9.17, 15) is 18.4 Å². The second kappa shape index (κ2) is 5.26. The molecule has 0 spiro atoms. The van der Waals surface area contributed by atoms with Gasteiger partial charge in [-0.15, -0.1) is 0 Å². The highest BCUT2D eigenvalue weighted by molar-refractivity contribution is 5.85. The number of rotatable bonds is 3. The molecule has 24 heavy (non-hydrogen) atoms. The molecule has 2 aliphatic carbocycles. The Morgan fingerprint density at radius 1 is 1.38 bits per heavy atom. The van der Waals surface area contributed by atoms with E-state index >= 15 is 0 Å². The molecule has 1 N–H and O–H groups in total. The zero-order chi connectivity index (χ0) is 17.1. The number of amides is 2. The molecule has 0 radical (unpaired) electrons. The highest BCUT2D eigenvalue weighted by Crippen LogP contribution is 2.40. The molecule has 8 heteroatoms. The van der Waals surface area contributed by atoms with E-state index in [2.05, 4.69) is 10.4 Å². The fraction of sp³-hybridized carbons (Fsp3) is 0.688. The van der Waals surface area contributed by atoms with Crippen molar-refractivity contribution >= 4 is 11.8 Å². The summed E-state index contributed by atoms with van der Waals surface area (Å²) in [6, 6.07) is 0.630. The van der Waals surface area contributed by atoms with Gasteiger partial charge in [0.15, 0.2) is 0 Å². The molecular weight excluding hydrogens is 318 g/mol. The van der Waals surface area contributed by atoms with Gasteiger partial charge in [0.2, 0.25) is 11.8 Å². The minimum atomic E-state index is -2.68. The van der Waals surface area contributed by atoms with Gasteiger partial charge in [-0.3, -0.25) is 14.3 Å². The molecule has 6 nitrogen and oxygen atoms in total. The highest BCUT2D eigenvalue weighted by atomic mass is 19.3. The predicted molar refractivity (Wildman–Crippen MR) is 80.1 cm³/mol. The molecule has 0 aromatic carbocycles. The molecule has 0 saturated heterocycles. The second-order valence-electron chi connectivity index (χ2n) is 7.29. The monoisotopic (exact) mass is 338 g/mol. The summed E-state index contributed by atoms with van der Waals surface area (Å²) < 4.78 is 27.5. The van der Waals surface area contributed by atoms with E-state index in [-0.39, 0.29) is 37.1 Å². The summed E-state index contributed by atoms with van der Waals surface area (Å²) in [5.74, 6) is -2.50. The maximum Gasteiger partial charge on any atom is 0.252 e. The Labute approximate surface area is 138 Å². The van der Waals surface area contributed by atoms with E-state index in [1.807, 2.05) is 6.92 Å². The number of nitrogens with zero attached hydrogens (tertiary/aromatic N) is 3. The molecule has 3 aliphatic rings. The smallest absolute Gasteiger partial charge is 0.252 e. The Hall–Kier alpha value is -1.99. The lowest BCUT2D eigenvalue weighted by Gasteiger charge is -2.38. The van der Waals surface area contributed by atoms with Crippen molar-refractivity contribution in [2.75, 3.05) is 6.54 Å². The van der Waals surface area contributed by atoms with E-state index in [0.717, 1.165) is 12.1 Å². The number of aromatic nitrogens is 2. The summed E-state index contributed by atoms with van der Waals surface area (Å²) in [5, 5.41) is 6.85. The first-order valence-corrected chi connectivity index (χ1v) is 8.33. The summed E-state index contributed by atoms with van der Waals surface area (Å²) in [5.41, 5.74) is 0.794. The van der Waals surface area contributed by atoms with Gasteiger partial charge in [0.05, 0.1) is 18.8 Å². The van der Waals surface area contributed by atoms with Gasteiger partial charge < -0.3 is 10.2 Å². The first kappa shape index (κ1) is 15.5. The lowest BCUT2D eigenvalue weighted by atomic mass is 9.88. The van der Waals surface area contributed by atoms with Crippen molar-refractivity contribution in [2.24, 2.45) is 11.8 Å². The Bertz CT molecular complexity index is 681. The van der Waals surface area contributed by atoms with Crippen molar-refractivity contribution in [2.45, 2.75) is 50.7 Å². The SMILES string of the molecule is C[C@@H]1C[C@@H]1C(=O)N1Cc2ccnn2[C@@H](C(=O)NC2CC(F)(F)C2)C1. The molecule has 1 aromatic heterocycles. The molecule has 2 heterocycles. The second-order valence-corrected chi connectivity index (χ2v) is 7.29. The summed E-state index contributed by atoms with van der Waals surface area (Å²) in [7, 11) is 0. The van der Waals surface area contributed by atoms with E-state index in [1.165, 1.54) is 0 Å². The molecule has 3 atom stereocenters. The van der Waals surface area contributed by atoms with Crippen LogP contribution >= 0.6 is 0 Å². The number of hydrogen-bond donors (Lipinski definition) is 1. The number of carbonyl (C=O) groups is 2. The van der Waals surface area contributed by atoms with Crippen LogP contribution in [0.4, 0.5) is 8.78 Å². The highest BCUT2D eigenvalue weighted by Gasteiger charge is 2.48. The van der Waals surface area contributed by atoms with Gasteiger partial charge in [-0.2, -0.15) is 5.10 Å². The standard InChI is InChI=1S/C16H20F2N4O2/c1-9-4-12(9)15(24)21-7-11-2-3-19-22(11)13(8-21)14(23)20-10-5-16(17,18)6-10/h2-3,9-10,12-13H,4-8H2,1H3,(H,20,23)/t9-,12+,13-/m1/s1. The summed E-state index contributed by atoms with van der Waals surface area (Å²) in [4.78, 5) is 26.7. The number of hydrogen-bond acceptors (Lipinski definition) is 3. The number of halogens is 2. The van der Waals surface area contributed by atoms with Crippen LogP contribution in [0.1, 0.15) is 37.9 Å². The summed E-state index contributed by atoms with van der Waals surface area (Å²) in [6.45, 7) is 2.72. The van der Waals surface area contributed by atoms with E-state index < -0.39 is 18.0 Å². The van der Waals surface area contributed by atoms with Gasteiger partial charge in [0.25, 0.3) is 5.92 Å². The van der Waals surface area contributed by atoms with Crippen molar-refractivity contribution < 1.29 is 18.4 Å². The zero-order valence-electron chi connectivity index (χ0n) is 13.4. The van der Waals surface area contributed by atoms with Crippen LogP contribution in [0.3, 0.4) is 0 Å². The maximum atomic E-state index is 12.9. The molecular formula is C16H20F2N4O2. The normalized spacial score (nSPS) is 31.1. The van der Waals surface area contributed by atoms with Gasteiger partial charge in [-0.25, -0.2) is 8.78 Å². The van der Waals surface area contributed by atoms with Crippen LogP contribution in [0.25, 0.3) is 0 Å². The van der Waals surface area contributed by atoms with Crippen LogP contribution in [0.5, 0.6) is 0 Å². The third-order valence-electron chi connectivity index (χ3n) is 5.27. The van der Waals surface area contributed by atoms with Crippen LogP contribution in [0.2, 0.25) is 0 Å². The van der Waals surface area contributed by atoms with Crippen molar-refractivity contribution in [3.63, 3.8) is 0 Å². The third-order valence-corrected chi connectivity index (χ3v) is 5.27. The Balaban J connectivity index is 1.47. The van der Waals surface area contributed by atoms with E-state index in [0.29, 0.717) is 12.5 Å². The third kappa shape index (κ3) is 2.67. The number of carbonyl (C=O) groups excluding carboxylic acids is 2. The predicted octanol–water partition coefficient (Wildman–Crippen LogP) is 1.34. The Kier molecular flexibility index (Phi) is 3.40. The number of nitrogens with one attached hydrogen (secondary N) is 1. The average molecular weight is 338 g/mol. The molecule has 2 fully saturated rings. The molecule has 4 rings (SSSR count). The molecule has 2 amide bonds. The molecule has 130 valence electrons. The van der Waals surface area contributed by atoms with E-state index in [1.54, 1.807) is 21.8 Å². The molecule has 1 aromatic rings. The van der Waals surface area contributed by atoms with Crippen LogP contribution < -0.4 is 5.32 Å². The van der Waals surface area contributed by atoms with Crippen molar-refractivity contribution in [1.29, 1.82) is 0 Å². The minimum absolute atomic E-state index is 0.0495. The van der Waals surface area contributed by atoms with E-state index in [4.69, 9.17) is 0 Å². The van der Waals surface area contributed by atoms with Gasteiger partial charge in [-0.05, 0) is 18.4 Å². The van der Waals surface area contributed by atoms with Crippen molar-refractivity contribution in [3.05, 3.63) is 18.0 Å². The molecule has 0 unspecified atom stereocenters. The summed E-state index contributed by atoms with van der Waals surface area (Å²) in [6.07, 6.45) is 1.85. The largest absolute Gasteiger partial charge is 0.351 e. The topological polar surface area (TPSA) is 67.2 Å². The number of fused-ring (bicyclic) bond motifs is 1. The minimum Gasteiger partial charge on any atom is -0.351 e. The Morgan fingerprint density at radius 3 is 2.71 bits per heavy atom. The quantitative estimate of drug-likeness (QED) is 0.904.